The van der Waals surface area contributed by atoms with E-state index in [1.165, 1.54) is 0 Å². The second-order valence-corrected chi connectivity index (χ2v) is 16.2. The van der Waals surface area contributed by atoms with E-state index in [1.54, 1.807) is 0 Å². The van der Waals surface area contributed by atoms with Crippen molar-refractivity contribution in [1.29, 1.82) is 0 Å². The zero-order valence-electron chi connectivity index (χ0n) is 17.6. The lowest BCUT2D eigenvalue weighted by Crippen LogP contribution is -2.43. The Morgan fingerprint density at radius 3 is 2.23 bits per heavy atom. The standard InChI is InChI=1S/C20H34ClNO2SSi/c1-10-17(22-25(23)19(2,3)4)18(15-12-11-13-16(21)14-15)24-26(8,9)20(5,6)7/h11-14,18H,10H2,1-9H3/t18-,25?/m1/s1. The van der Waals surface area contributed by atoms with Gasteiger partial charge in [-0.15, -0.1) is 0 Å². The van der Waals surface area contributed by atoms with Crippen molar-refractivity contribution in [3.63, 3.8) is 0 Å². The second kappa shape index (κ2) is 8.68. The van der Waals surface area contributed by atoms with Gasteiger partial charge in [0.1, 0.15) is 17.1 Å². The van der Waals surface area contributed by atoms with Crippen LogP contribution in [-0.2, 0) is 15.4 Å². The molecule has 26 heavy (non-hydrogen) atoms. The summed E-state index contributed by atoms with van der Waals surface area (Å²) in [5.41, 5.74) is 1.78. The molecule has 2 atom stereocenters. The van der Waals surface area contributed by atoms with Gasteiger partial charge in [0.25, 0.3) is 0 Å². The van der Waals surface area contributed by atoms with Crippen LogP contribution in [0.4, 0.5) is 0 Å². The summed E-state index contributed by atoms with van der Waals surface area (Å²) in [7, 11) is -3.39. The van der Waals surface area contributed by atoms with E-state index in [4.69, 9.17) is 16.0 Å². The maximum atomic E-state index is 12.7. The third kappa shape index (κ3) is 6.29. The molecule has 148 valence electrons. The Labute approximate surface area is 168 Å². The molecule has 0 spiro atoms. The van der Waals surface area contributed by atoms with Crippen LogP contribution in [-0.4, -0.2) is 23.0 Å². The predicted molar refractivity (Wildman–Crippen MR) is 118 cm³/mol. The molecule has 0 aliphatic heterocycles. The van der Waals surface area contributed by atoms with Crippen molar-refractivity contribution in [1.82, 2.24) is 0 Å². The first-order valence-electron chi connectivity index (χ1n) is 9.12. The van der Waals surface area contributed by atoms with Gasteiger partial charge in [-0.05, 0) is 63.0 Å². The van der Waals surface area contributed by atoms with Gasteiger partial charge in [-0.2, -0.15) is 4.40 Å². The van der Waals surface area contributed by atoms with Crippen molar-refractivity contribution in [3.8, 4) is 0 Å². The molecular formula is C20H34ClNO2SSi. The lowest BCUT2D eigenvalue weighted by Gasteiger charge is -2.39. The third-order valence-electron chi connectivity index (χ3n) is 4.76. The molecule has 0 bridgehead atoms. The average Bonchev–Trinajstić information content (AvgIpc) is 2.48. The van der Waals surface area contributed by atoms with E-state index in [9.17, 15) is 4.21 Å². The first kappa shape index (κ1) is 23.5. The summed E-state index contributed by atoms with van der Waals surface area (Å²) >= 11 is 6.23. The van der Waals surface area contributed by atoms with Crippen LogP contribution in [0.15, 0.2) is 28.7 Å². The van der Waals surface area contributed by atoms with Gasteiger partial charge in [0.05, 0.1) is 10.5 Å². The number of nitrogens with zero attached hydrogens (tertiary/aromatic N) is 1. The molecule has 1 aromatic carbocycles. The molecule has 3 nitrogen and oxygen atoms in total. The number of benzene rings is 1. The number of hydrogen-bond donors (Lipinski definition) is 0. The summed E-state index contributed by atoms with van der Waals surface area (Å²) in [6.45, 7) is 18.9. The highest BCUT2D eigenvalue weighted by Gasteiger charge is 2.40. The van der Waals surface area contributed by atoms with Crippen molar-refractivity contribution in [3.05, 3.63) is 34.9 Å². The third-order valence-corrected chi connectivity index (χ3v) is 10.9. The van der Waals surface area contributed by atoms with Crippen LogP contribution >= 0.6 is 11.6 Å². The summed E-state index contributed by atoms with van der Waals surface area (Å²) in [5, 5.41) is 0.727. The molecular weight excluding hydrogens is 382 g/mol. The Kier molecular flexibility index (Phi) is 7.86. The van der Waals surface area contributed by atoms with E-state index in [0.717, 1.165) is 11.3 Å². The monoisotopic (exact) mass is 415 g/mol. The lowest BCUT2D eigenvalue weighted by molar-refractivity contribution is 0.244. The first-order valence-corrected chi connectivity index (χ1v) is 13.5. The number of hydrogen-bond acceptors (Lipinski definition) is 2. The van der Waals surface area contributed by atoms with E-state index in [0.29, 0.717) is 11.4 Å². The smallest absolute Gasteiger partial charge is 0.193 e. The molecule has 0 saturated carbocycles. The molecule has 1 unspecified atom stereocenters. The van der Waals surface area contributed by atoms with Gasteiger partial charge < -0.3 is 4.43 Å². The Balaban J connectivity index is 3.44. The number of rotatable bonds is 6. The van der Waals surface area contributed by atoms with Crippen molar-refractivity contribution in [2.45, 2.75) is 83.9 Å². The molecule has 1 aromatic rings. The van der Waals surface area contributed by atoms with Crippen molar-refractivity contribution < 1.29 is 8.63 Å². The second-order valence-electron chi connectivity index (χ2n) is 9.11. The SMILES string of the molecule is CCC(=NS(=O)C(C)(C)C)[C@H](O[Si](C)(C)C(C)(C)C)c1cccc(Cl)c1. The molecule has 6 heteroatoms. The van der Waals surface area contributed by atoms with Crippen molar-refractivity contribution in [2.75, 3.05) is 0 Å². The van der Waals surface area contributed by atoms with Crippen molar-refractivity contribution >= 4 is 36.6 Å². The molecule has 0 aliphatic rings. The normalized spacial score (nSPS) is 16.5. The lowest BCUT2D eigenvalue weighted by atomic mass is 10.0. The van der Waals surface area contributed by atoms with E-state index >= 15 is 0 Å². The minimum Gasteiger partial charge on any atom is -0.405 e. The van der Waals surface area contributed by atoms with Gasteiger partial charge >= 0.3 is 0 Å². The Hall–Kier alpha value is -0.493. The zero-order chi connectivity index (χ0) is 20.3. The molecule has 0 N–H and O–H groups in total. The van der Waals surface area contributed by atoms with Crippen LogP contribution in [0.25, 0.3) is 0 Å². The zero-order valence-corrected chi connectivity index (χ0v) is 20.2. The summed E-state index contributed by atoms with van der Waals surface area (Å²) in [6.07, 6.45) is 0.346. The topological polar surface area (TPSA) is 38.7 Å². The Morgan fingerprint density at radius 1 is 1.23 bits per heavy atom. The summed E-state index contributed by atoms with van der Waals surface area (Å²) < 4.78 is 23.6. The Bertz CT molecular complexity index is 675. The minimum atomic E-state index is -2.07. The molecule has 0 aliphatic carbocycles. The fraction of sp³-hybridized carbons (Fsp3) is 0.650. The fourth-order valence-electron chi connectivity index (χ4n) is 2.01. The van der Waals surface area contributed by atoms with Gasteiger partial charge in [-0.3, -0.25) is 0 Å². The molecule has 0 aromatic heterocycles. The highest BCUT2D eigenvalue weighted by Crippen LogP contribution is 2.40. The van der Waals surface area contributed by atoms with Gasteiger partial charge in [0.15, 0.2) is 8.32 Å². The van der Waals surface area contributed by atoms with E-state index in [-0.39, 0.29) is 11.1 Å². The largest absolute Gasteiger partial charge is 0.405 e. The van der Waals surface area contributed by atoms with Crippen LogP contribution in [0, 0.1) is 0 Å². The highest BCUT2D eigenvalue weighted by atomic mass is 35.5. The first-order chi connectivity index (χ1) is 11.7. The number of halogens is 1. The average molecular weight is 416 g/mol. The molecule has 0 saturated heterocycles. The molecule has 0 radical (unpaired) electrons. The van der Waals surface area contributed by atoms with Crippen molar-refractivity contribution in [2.24, 2.45) is 4.40 Å². The van der Waals surface area contributed by atoms with E-state index in [2.05, 4.69) is 38.3 Å². The summed E-state index contributed by atoms with van der Waals surface area (Å²) in [6, 6.07) is 7.71. The van der Waals surface area contributed by atoms with Crippen LogP contribution in [0.2, 0.25) is 23.2 Å². The van der Waals surface area contributed by atoms with Crippen LogP contribution in [0.5, 0.6) is 0 Å². The van der Waals surface area contributed by atoms with Crippen LogP contribution in [0.1, 0.15) is 66.6 Å². The quantitative estimate of drug-likeness (QED) is 0.382. The minimum absolute atomic E-state index is 0.0614. The highest BCUT2D eigenvalue weighted by molar-refractivity contribution is 7.85. The fourth-order valence-corrected chi connectivity index (χ4v) is 4.14. The predicted octanol–water partition coefficient (Wildman–Crippen LogP) is 6.72. The Morgan fingerprint density at radius 2 is 1.81 bits per heavy atom. The molecule has 1 rings (SSSR count). The van der Waals surface area contributed by atoms with Crippen LogP contribution < -0.4 is 0 Å². The molecule has 0 amide bonds. The maximum Gasteiger partial charge on any atom is 0.193 e. The van der Waals surface area contributed by atoms with Gasteiger partial charge in [0.2, 0.25) is 0 Å². The summed E-state index contributed by atoms with van der Waals surface area (Å²) in [5.74, 6) is 0. The van der Waals surface area contributed by atoms with Crippen LogP contribution in [0.3, 0.4) is 0 Å². The summed E-state index contributed by atoms with van der Waals surface area (Å²) in [4.78, 5) is 0. The van der Waals surface area contributed by atoms with Gasteiger partial charge in [0, 0.05) is 5.02 Å². The van der Waals surface area contributed by atoms with Gasteiger partial charge in [-0.25, -0.2) is 4.21 Å². The molecule has 0 fully saturated rings. The van der Waals surface area contributed by atoms with Gasteiger partial charge in [-0.1, -0.05) is 51.4 Å². The maximum absolute atomic E-state index is 12.7. The van der Waals surface area contributed by atoms with E-state index < -0.39 is 24.1 Å². The van der Waals surface area contributed by atoms with E-state index in [1.807, 2.05) is 52.0 Å². The molecule has 0 heterocycles.